The van der Waals surface area contributed by atoms with Gasteiger partial charge < -0.3 is 5.11 Å². The topological polar surface area (TPSA) is 57.0 Å². The van der Waals surface area contributed by atoms with E-state index in [4.69, 9.17) is 0 Å². The standard InChI is InChI=1S/C10H11N3O/c14-10(6-7-12-13-10)11-8-9-4-2-1-3-5-9/h1-7,11,14H,8H2. The van der Waals surface area contributed by atoms with Crippen molar-refractivity contribution in [1.82, 2.24) is 5.32 Å². The molecule has 1 aromatic carbocycles. The number of benzene rings is 1. The maximum Gasteiger partial charge on any atom is 0.255 e. The zero-order valence-corrected chi connectivity index (χ0v) is 7.59. The van der Waals surface area contributed by atoms with E-state index in [-0.39, 0.29) is 0 Å². The van der Waals surface area contributed by atoms with Gasteiger partial charge in [-0.2, -0.15) is 5.11 Å². The number of nitrogens with zero attached hydrogens (tertiary/aromatic N) is 2. The third kappa shape index (κ3) is 2.04. The summed E-state index contributed by atoms with van der Waals surface area (Å²) in [6.45, 7) is 0.556. The van der Waals surface area contributed by atoms with Gasteiger partial charge in [0.1, 0.15) is 0 Å². The first-order chi connectivity index (χ1) is 6.79. The molecule has 0 fully saturated rings. The highest BCUT2D eigenvalue weighted by Crippen LogP contribution is 2.12. The van der Waals surface area contributed by atoms with E-state index in [1.807, 2.05) is 30.3 Å². The highest BCUT2D eigenvalue weighted by atomic mass is 16.3. The number of hydrogen-bond donors (Lipinski definition) is 2. The summed E-state index contributed by atoms with van der Waals surface area (Å²) in [5.41, 5.74) is 1.09. The summed E-state index contributed by atoms with van der Waals surface area (Å²) >= 11 is 0. The van der Waals surface area contributed by atoms with Gasteiger partial charge in [-0.25, -0.2) is 0 Å². The van der Waals surface area contributed by atoms with E-state index in [0.717, 1.165) is 5.56 Å². The molecular weight excluding hydrogens is 178 g/mol. The Hall–Kier alpha value is -1.52. The van der Waals surface area contributed by atoms with Gasteiger partial charge in [0.15, 0.2) is 0 Å². The third-order valence-corrected chi connectivity index (χ3v) is 1.98. The second-order valence-corrected chi connectivity index (χ2v) is 3.10. The highest BCUT2D eigenvalue weighted by molar-refractivity contribution is 5.15. The van der Waals surface area contributed by atoms with Crippen LogP contribution in [0.4, 0.5) is 0 Å². The molecule has 4 heteroatoms. The second-order valence-electron chi connectivity index (χ2n) is 3.10. The van der Waals surface area contributed by atoms with Crippen molar-refractivity contribution >= 4 is 0 Å². The third-order valence-electron chi connectivity index (χ3n) is 1.98. The fraction of sp³-hybridized carbons (Fsp3) is 0.200. The molecule has 4 nitrogen and oxygen atoms in total. The Morgan fingerprint density at radius 1 is 1.29 bits per heavy atom. The molecule has 0 saturated carbocycles. The smallest absolute Gasteiger partial charge is 0.255 e. The zero-order valence-electron chi connectivity index (χ0n) is 7.59. The van der Waals surface area contributed by atoms with E-state index in [9.17, 15) is 5.11 Å². The first-order valence-electron chi connectivity index (χ1n) is 4.40. The van der Waals surface area contributed by atoms with Crippen LogP contribution < -0.4 is 5.32 Å². The Kier molecular flexibility index (Phi) is 2.39. The Bertz CT molecular complexity index is 347. The lowest BCUT2D eigenvalue weighted by Crippen LogP contribution is -2.39. The van der Waals surface area contributed by atoms with Crippen LogP contribution in [-0.4, -0.2) is 11.0 Å². The number of hydrogen-bond acceptors (Lipinski definition) is 4. The van der Waals surface area contributed by atoms with Crippen molar-refractivity contribution in [3.8, 4) is 0 Å². The minimum atomic E-state index is -1.32. The predicted octanol–water partition coefficient (Wildman–Crippen LogP) is 1.40. The van der Waals surface area contributed by atoms with Gasteiger partial charge in [-0.15, -0.1) is 5.11 Å². The van der Waals surface area contributed by atoms with Crippen LogP contribution >= 0.6 is 0 Å². The van der Waals surface area contributed by atoms with E-state index in [1.165, 1.54) is 12.3 Å². The van der Waals surface area contributed by atoms with Gasteiger partial charge in [0.25, 0.3) is 5.85 Å². The monoisotopic (exact) mass is 189 g/mol. The van der Waals surface area contributed by atoms with E-state index < -0.39 is 5.85 Å². The summed E-state index contributed by atoms with van der Waals surface area (Å²) in [6, 6.07) is 9.81. The van der Waals surface area contributed by atoms with Crippen molar-refractivity contribution in [2.24, 2.45) is 10.2 Å². The molecule has 72 valence electrons. The molecule has 0 spiro atoms. The molecule has 0 saturated heterocycles. The van der Waals surface area contributed by atoms with Crippen LogP contribution in [0.1, 0.15) is 5.56 Å². The van der Waals surface area contributed by atoms with Crippen molar-refractivity contribution in [3.63, 3.8) is 0 Å². The molecule has 14 heavy (non-hydrogen) atoms. The maximum atomic E-state index is 9.69. The van der Waals surface area contributed by atoms with E-state index in [0.29, 0.717) is 6.54 Å². The first-order valence-corrected chi connectivity index (χ1v) is 4.40. The van der Waals surface area contributed by atoms with Gasteiger partial charge in [-0.1, -0.05) is 30.3 Å². The van der Waals surface area contributed by atoms with Crippen molar-refractivity contribution in [2.75, 3.05) is 0 Å². The summed E-state index contributed by atoms with van der Waals surface area (Å²) in [7, 11) is 0. The van der Waals surface area contributed by atoms with Gasteiger partial charge in [0.2, 0.25) is 0 Å². The molecule has 0 aliphatic carbocycles. The summed E-state index contributed by atoms with van der Waals surface area (Å²) in [4.78, 5) is 0. The lowest BCUT2D eigenvalue weighted by atomic mass is 10.2. The average molecular weight is 189 g/mol. The number of azo groups is 1. The number of nitrogens with one attached hydrogen (secondary N) is 1. The lowest BCUT2D eigenvalue weighted by molar-refractivity contribution is 0.0599. The lowest BCUT2D eigenvalue weighted by Gasteiger charge is -2.16. The Balaban J connectivity index is 1.95. The number of aliphatic hydroxyl groups is 1. The van der Waals surface area contributed by atoms with Crippen molar-refractivity contribution < 1.29 is 5.11 Å². The Labute approximate surface area is 82.0 Å². The second kappa shape index (κ2) is 3.69. The molecule has 1 heterocycles. The van der Waals surface area contributed by atoms with Crippen LogP contribution in [0, 0.1) is 0 Å². The van der Waals surface area contributed by atoms with E-state index in [2.05, 4.69) is 15.5 Å². The van der Waals surface area contributed by atoms with Crippen molar-refractivity contribution in [3.05, 3.63) is 48.2 Å². The largest absolute Gasteiger partial charge is 0.353 e. The SMILES string of the molecule is OC1(NCc2ccccc2)C=CN=N1. The molecule has 1 atom stereocenters. The fourth-order valence-electron chi connectivity index (χ4n) is 1.21. The van der Waals surface area contributed by atoms with Crippen LogP contribution in [-0.2, 0) is 6.54 Å². The Morgan fingerprint density at radius 2 is 2.07 bits per heavy atom. The van der Waals surface area contributed by atoms with Crippen molar-refractivity contribution in [1.29, 1.82) is 0 Å². The summed E-state index contributed by atoms with van der Waals surface area (Å²) in [5, 5.41) is 19.8. The van der Waals surface area contributed by atoms with E-state index in [1.54, 1.807) is 0 Å². The zero-order chi connectivity index (χ0) is 9.86. The molecule has 0 bridgehead atoms. The molecule has 1 aromatic rings. The molecule has 1 unspecified atom stereocenters. The minimum Gasteiger partial charge on any atom is -0.353 e. The summed E-state index contributed by atoms with van der Waals surface area (Å²) in [5.74, 6) is -1.32. The molecule has 0 radical (unpaired) electrons. The maximum absolute atomic E-state index is 9.69. The quantitative estimate of drug-likeness (QED) is 0.706. The normalized spacial score (nSPS) is 24.4. The van der Waals surface area contributed by atoms with Crippen LogP contribution in [0.25, 0.3) is 0 Å². The molecule has 1 aliphatic heterocycles. The summed E-state index contributed by atoms with van der Waals surface area (Å²) in [6.07, 6.45) is 2.98. The predicted molar refractivity (Wildman–Crippen MR) is 52.2 cm³/mol. The molecular formula is C10H11N3O. The molecule has 1 aliphatic rings. The van der Waals surface area contributed by atoms with Gasteiger partial charge in [0, 0.05) is 12.6 Å². The van der Waals surface area contributed by atoms with Crippen LogP contribution in [0.5, 0.6) is 0 Å². The minimum absolute atomic E-state index is 0.556. The van der Waals surface area contributed by atoms with Crippen LogP contribution in [0.15, 0.2) is 52.8 Å². The van der Waals surface area contributed by atoms with Gasteiger partial charge in [-0.3, -0.25) is 5.32 Å². The highest BCUT2D eigenvalue weighted by Gasteiger charge is 2.24. The molecule has 2 N–H and O–H groups in total. The van der Waals surface area contributed by atoms with Crippen LogP contribution in [0.2, 0.25) is 0 Å². The summed E-state index contributed by atoms with van der Waals surface area (Å²) < 4.78 is 0. The van der Waals surface area contributed by atoms with Crippen molar-refractivity contribution in [2.45, 2.75) is 12.4 Å². The Morgan fingerprint density at radius 3 is 2.71 bits per heavy atom. The molecule has 0 aromatic heterocycles. The van der Waals surface area contributed by atoms with Crippen LogP contribution in [0.3, 0.4) is 0 Å². The van der Waals surface area contributed by atoms with Gasteiger partial charge >= 0.3 is 0 Å². The van der Waals surface area contributed by atoms with Gasteiger partial charge in [0.05, 0.1) is 6.20 Å². The van der Waals surface area contributed by atoms with Gasteiger partial charge in [-0.05, 0) is 5.56 Å². The first kappa shape index (κ1) is 9.05. The fourth-order valence-corrected chi connectivity index (χ4v) is 1.21. The number of rotatable bonds is 3. The average Bonchev–Trinajstić information content (AvgIpc) is 2.65. The molecule has 0 amide bonds. The van der Waals surface area contributed by atoms with E-state index >= 15 is 0 Å². The molecule has 2 rings (SSSR count).